The largest absolute Gasteiger partial charge is 0.392 e. The third kappa shape index (κ3) is 2.78. The molecule has 0 atom stereocenters. The van der Waals surface area contributed by atoms with Gasteiger partial charge in [-0.2, -0.15) is 0 Å². The first kappa shape index (κ1) is 12.4. The molecule has 0 aromatic heterocycles. The minimum atomic E-state index is -0.408. The molecule has 1 N–H and O–H groups in total. The van der Waals surface area contributed by atoms with Crippen LogP contribution in [0.1, 0.15) is 5.56 Å². The quantitative estimate of drug-likeness (QED) is 0.863. The molecule has 0 saturated carbocycles. The van der Waals surface area contributed by atoms with Crippen molar-refractivity contribution in [2.45, 2.75) is 6.61 Å². The maximum absolute atomic E-state index is 13.8. The van der Waals surface area contributed by atoms with Gasteiger partial charge in [0.05, 0.1) is 6.61 Å². The highest BCUT2D eigenvalue weighted by molar-refractivity contribution is 6.35. The van der Waals surface area contributed by atoms with Crippen LogP contribution >= 0.6 is 23.2 Å². The number of halogens is 3. The van der Waals surface area contributed by atoms with Gasteiger partial charge in [-0.05, 0) is 35.4 Å². The van der Waals surface area contributed by atoms with Crippen molar-refractivity contribution in [1.82, 2.24) is 0 Å². The van der Waals surface area contributed by atoms with Gasteiger partial charge in [0.2, 0.25) is 0 Å². The van der Waals surface area contributed by atoms with E-state index in [0.29, 0.717) is 26.7 Å². The Morgan fingerprint density at radius 2 is 1.65 bits per heavy atom. The summed E-state index contributed by atoms with van der Waals surface area (Å²) >= 11 is 11.7. The Labute approximate surface area is 108 Å². The Morgan fingerprint density at radius 1 is 1.00 bits per heavy atom. The normalized spacial score (nSPS) is 10.6. The number of aliphatic hydroxyl groups excluding tert-OH is 1. The van der Waals surface area contributed by atoms with E-state index in [-0.39, 0.29) is 6.61 Å². The van der Waals surface area contributed by atoms with E-state index in [4.69, 9.17) is 28.3 Å². The van der Waals surface area contributed by atoms with Crippen molar-refractivity contribution < 1.29 is 9.50 Å². The lowest BCUT2D eigenvalue weighted by Crippen LogP contribution is -1.89. The summed E-state index contributed by atoms with van der Waals surface area (Å²) in [7, 11) is 0. The van der Waals surface area contributed by atoms with Crippen molar-refractivity contribution in [3.05, 3.63) is 57.8 Å². The van der Waals surface area contributed by atoms with Crippen molar-refractivity contribution >= 4 is 23.2 Å². The van der Waals surface area contributed by atoms with E-state index in [0.717, 1.165) is 0 Å². The van der Waals surface area contributed by atoms with Gasteiger partial charge in [-0.3, -0.25) is 0 Å². The third-order valence-corrected chi connectivity index (χ3v) is 2.83. The minimum Gasteiger partial charge on any atom is -0.392 e. The van der Waals surface area contributed by atoms with Crippen molar-refractivity contribution in [1.29, 1.82) is 0 Å². The van der Waals surface area contributed by atoms with Gasteiger partial charge in [0.25, 0.3) is 0 Å². The number of rotatable bonds is 2. The average molecular weight is 271 g/mol. The van der Waals surface area contributed by atoms with Crippen LogP contribution in [0.15, 0.2) is 36.4 Å². The van der Waals surface area contributed by atoms with Gasteiger partial charge < -0.3 is 5.11 Å². The van der Waals surface area contributed by atoms with Gasteiger partial charge >= 0.3 is 0 Å². The molecule has 2 aromatic rings. The summed E-state index contributed by atoms with van der Waals surface area (Å²) in [5.74, 6) is -0.408. The van der Waals surface area contributed by atoms with E-state index in [1.807, 2.05) is 0 Å². The summed E-state index contributed by atoms with van der Waals surface area (Å²) in [5, 5.41) is 9.82. The van der Waals surface area contributed by atoms with Gasteiger partial charge in [0, 0.05) is 15.6 Å². The van der Waals surface area contributed by atoms with Gasteiger partial charge in [-0.1, -0.05) is 35.3 Å². The first-order chi connectivity index (χ1) is 8.10. The fourth-order valence-electron chi connectivity index (χ4n) is 1.60. The van der Waals surface area contributed by atoms with Gasteiger partial charge in [0.15, 0.2) is 0 Å². The highest BCUT2D eigenvalue weighted by Gasteiger charge is 2.07. The molecule has 0 fully saturated rings. The Balaban J connectivity index is 2.52. The summed E-state index contributed by atoms with van der Waals surface area (Å²) in [6.07, 6.45) is 0. The van der Waals surface area contributed by atoms with Crippen molar-refractivity contribution in [2.75, 3.05) is 0 Å². The molecule has 88 valence electrons. The standard InChI is InChI=1S/C13H9Cl2FO/c14-10-4-9(5-11(15)6-10)12-2-1-8(7-17)3-13(12)16/h1-6,17H,7H2. The zero-order valence-electron chi connectivity index (χ0n) is 8.75. The molecule has 0 saturated heterocycles. The molecule has 0 heterocycles. The predicted molar refractivity (Wildman–Crippen MR) is 67.8 cm³/mol. The lowest BCUT2D eigenvalue weighted by Gasteiger charge is -2.06. The van der Waals surface area contributed by atoms with Crippen LogP contribution in [-0.4, -0.2) is 5.11 Å². The molecule has 0 spiro atoms. The molecule has 0 radical (unpaired) electrons. The first-order valence-electron chi connectivity index (χ1n) is 4.96. The molecule has 4 heteroatoms. The third-order valence-electron chi connectivity index (χ3n) is 2.39. The molecule has 0 aliphatic carbocycles. The zero-order valence-corrected chi connectivity index (χ0v) is 10.3. The maximum atomic E-state index is 13.8. The van der Waals surface area contributed by atoms with E-state index in [2.05, 4.69) is 0 Å². The van der Waals surface area contributed by atoms with Crippen LogP contribution < -0.4 is 0 Å². The monoisotopic (exact) mass is 270 g/mol. The van der Waals surface area contributed by atoms with Crippen LogP contribution in [0.2, 0.25) is 10.0 Å². The SMILES string of the molecule is OCc1ccc(-c2cc(Cl)cc(Cl)c2)c(F)c1. The van der Waals surface area contributed by atoms with Gasteiger partial charge in [0.1, 0.15) is 5.82 Å². The van der Waals surface area contributed by atoms with E-state index in [1.54, 1.807) is 30.3 Å². The molecule has 0 unspecified atom stereocenters. The number of benzene rings is 2. The van der Waals surface area contributed by atoms with Crippen molar-refractivity contribution in [2.24, 2.45) is 0 Å². The lowest BCUT2D eigenvalue weighted by atomic mass is 10.0. The van der Waals surface area contributed by atoms with Crippen molar-refractivity contribution in [3.8, 4) is 11.1 Å². The van der Waals surface area contributed by atoms with Crippen LogP contribution in [0.25, 0.3) is 11.1 Å². The number of hydrogen-bond acceptors (Lipinski definition) is 1. The summed E-state index contributed by atoms with van der Waals surface area (Å²) in [6.45, 7) is -0.187. The van der Waals surface area contributed by atoms with Gasteiger partial charge in [-0.15, -0.1) is 0 Å². The second-order valence-corrected chi connectivity index (χ2v) is 4.50. The smallest absolute Gasteiger partial charge is 0.131 e. The Kier molecular flexibility index (Phi) is 3.67. The fraction of sp³-hybridized carbons (Fsp3) is 0.0769. The highest BCUT2D eigenvalue weighted by atomic mass is 35.5. The topological polar surface area (TPSA) is 20.2 Å². The number of hydrogen-bond donors (Lipinski definition) is 1. The van der Waals surface area contributed by atoms with E-state index in [9.17, 15) is 4.39 Å². The van der Waals surface area contributed by atoms with Crippen LogP contribution in [0.4, 0.5) is 4.39 Å². The molecular formula is C13H9Cl2FO. The molecule has 0 aliphatic heterocycles. The molecular weight excluding hydrogens is 262 g/mol. The molecule has 0 amide bonds. The fourth-order valence-corrected chi connectivity index (χ4v) is 2.13. The van der Waals surface area contributed by atoms with E-state index < -0.39 is 5.82 Å². The molecule has 0 bridgehead atoms. The summed E-state index contributed by atoms with van der Waals surface area (Å²) in [6, 6.07) is 9.43. The van der Waals surface area contributed by atoms with Gasteiger partial charge in [-0.25, -0.2) is 4.39 Å². The zero-order chi connectivity index (χ0) is 12.4. The first-order valence-corrected chi connectivity index (χ1v) is 5.71. The summed E-state index contributed by atoms with van der Waals surface area (Å²) < 4.78 is 13.8. The Bertz CT molecular complexity index is 535. The highest BCUT2D eigenvalue weighted by Crippen LogP contribution is 2.29. The van der Waals surface area contributed by atoms with E-state index >= 15 is 0 Å². The Hall–Kier alpha value is -1.09. The molecule has 0 aliphatic rings. The number of aliphatic hydroxyl groups is 1. The maximum Gasteiger partial charge on any atom is 0.131 e. The molecule has 2 rings (SSSR count). The molecule has 2 aromatic carbocycles. The van der Waals surface area contributed by atoms with E-state index in [1.165, 1.54) is 6.07 Å². The lowest BCUT2D eigenvalue weighted by molar-refractivity contribution is 0.281. The van der Waals surface area contributed by atoms with Crippen molar-refractivity contribution in [3.63, 3.8) is 0 Å². The predicted octanol–water partition coefficient (Wildman–Crippen LogP) is 4.29. The summed E-state index contributed by atoms with van der Waals surface area (Å²) in [4.78, 5) is 0. The van der Waals surface area contributed by atoms with Crippen LogP contribution in [0, 0.1) is 5.82 Å². The average Bonchev–Trinajstić information content (AvgIpc) is 2.27. The Morgan fingerprint density at radius 3 is 2.18 bits per heavy atom. The minimum absolute atomic E-state index is 0.187. The molecule has 17 heavy (non-hydrogen) atoms. The van der Waals surface area contributed by atoms with Crippen LogP contribution in [0.5, 0.6) is 0 Å². The second-order valence-electron chi connectivity index (χ2n) is 3.63. The summed E-state index contributed by atoms with van der Waals surface area (Å²) in [5.41, 5.74) is 1.55. The second kappa shape index (κ2) is 5.05. The molecule has 1 nitrogen and oxygen atoms in total. The van der Waals surface area contributed by atoms with Crippen LogP contribution in [0.3, 0.4) is 0 Å². The van der Waals surface area contributed by atoms with Crippen LogP contribution in [-0.2, 0) is 6.61 Å².